The summed E-state index contributed by atoms with van der Waals surface area (Å²) in [4.78, 5) is 15.9. The van der Waals surface area contributed by atoms with Gasteiger partial charge in [0.2, 0.25) is 0 Å². The fourth-order valence-corrected chi connectivity index (χ4v) is 7.28. The van der Waals surface area contributed by atoms with Crippen molar-refractivity contribution in [1.29, 1.82) is 0 Å². The van der Waals surface area contributed by atoms with E-state index < -0.39 is 6.10 Å². The highest BCUT2D eigenvalue weighted by molar-refractivity contribution is 5.77. The molecule has 6 atom stereocenters. The Balaban J connectivity index is 1.33. The average molecular weight is 573 g/mol. The number of nitrogens with zero attached hydrogens (tertiary/aromatic N) is 1. The highest BCUT2D eigenvalue weighted by Crippen LogP contribution is 2.39. The van der Waals surface area contributed by atoms with Crippen LogP contribution >= 0.6 is 0 Å². The molecule has 0 bridgehead atoms. The number of aliphatic hydroxyl groups is 1. The number of benzene rings is 1. The number of ether oxygens (including phenoxy) is 2. The first-order chi connectivity index (χ1) is 19.7. The first kappa shape index (κ1) is 31.4. The number of piperidine rings is 1. The number of phenols is 1. The molecule has 6 N–H and O–H groups in total. The molecule has 41 heavy (non-hydrogen) atoms. The van der Waals surface area contributed by atoms with Gasteiger partial charge in [0, 0.05) is 38.9 Å². The van der Waals surface area contributed by atoms with E-state index in [2.05, 4.69) is 22.5 Å². The number of aryl methyl sites for hydroxylation is 1. The maximum absolute atomic E-state index is 11.9. The zero-order chi connectivity index (χ0) is 29.4. The number of aliphatic imine (C=N–C) groups is 1. The molecule has 3 aliphatic rings. The Kier molecular flexibility index (Phi) is 11.2. The van der Waals surface area contributed by atoms with Crippen LogP contribution < -0.4 is 21.1 Å². The van der Waals surface area contributed by atoms with Crippen molar-refractivity contribution in [3.63, 3.8) is 0 Å². The Morgan fingerprint density at radius 1 is 1.27 bits per heavy atom. The van der Waals surface area contributed by atoms with Crippen molar-refractivity contribution in [2.24, 2.45) is 28.5 Å². The Morgan fingerprint density at radius 3 is 2.78 bits per heavy atom. The zero-order valence-electron chi connectivity index (χ0n) is 25.2. The Bertz CT molecular complexity index is 1030. The van der Waals surface area contributed by atoms with Crippen LogP contribution in [0.5, 0.6) is 11.5 Å². The fraction of sp³-hybridized carbons (Fsp3) is 0.750. The maximum atomic E-state index is 11.9. The van der Waals surface area contributed by atoms with Crippen LogP contribution in [0.3, 0.4) is 0 Å². The third-order valence-corrected chi connectivity index (χ3v) is 9.79. The Morgan fingerprint density at radius 2 is 2.05 bits per heavy atom. The van der Waals surface area contributed by atoms with Crippen molar-refractivity contribution in [2.45, 2.75) is 115 Å². The molecule has 3 fully saturated rings. The van der Waals surface area contributed by atoms with E-state index in [1.807, 2.05) is 12.1 Å². The smallest absolute Gasteiger partial charge is 0.302 e. The standard InChI is InChI=1S/C32H52N4O5/c1-21-6-9-24(17-25(21)20-35-31(33)34-3)29(39)18-26(40-22(2)37)10-7-23-8-11-28(38)30(16-23)41-27-12-15-36-32(19-27)13-4-5-14-32/h8,11,16,21,24-27,29,36,38-39H,4-7,9-10,12-15,17-20H2,1-3H3,(H3,33,34,35). The van der Waals surface area contributed by atoms with E-state index in [-0.39, 0.29) is 35.4 Å². The van der Waals surface area contributed by atoms with Gasteiger partial charge in [-0.3, -0.25) is 9.79 Å². The number of carbonyl (C=O) groups excluding carboxylic acids is 1. The van der Waals surface area contributed by atoms with Gasteiger partial charge in [-0.25, -0.2) is 0 Å². The monoisotopic (exact) mass is 572 g/mol. The summed E-state index contributed by atoms with van der Waals surface area (Å²) >= 11 is 0. The summed E-state index contributed by atoms with van der Waals surface area (Å²) in [5.41, 5.74) is 7.04. The number of guanidine groups is 1. The van der Waals surface area contributed by atoms with Crippen molar-refractivity contribution in [3.8, 4) is 11.5 Å². The van der Waals surface area contributed by atoms with E-state index in [0.717, 1.165) is 50.8 Å². The molecule has 1 aromatic rings. The second kappa shape index (κ2) is 14.6. The highest BCUT2D eigenvalue weighted by atomic mass is 16.5. The lowest BCUT2D eigenvalue weighted by Crippen LogP contribution is -2.51. The number of nitrogens with one attached hydrogen (secondary N) is 2. The second-order valence-corrected chi connectivity index (χ2v) is 12.8. The van der Waals surface area contributed by atoms with Gasteiger partial charge in [-0.1, -0.05) is 32.3 Å². The van der Waals surface area contributed by atoms with Crippen LogP contribution in [0, 0.1) is 17.8 Å². The van der Waals surface area contributed by atoms with Crippen LogP contribution in [0.15, 0.2) is 23.2 Å². The van der Waals surface area contributed by atoms with Gasteiger partial charge in [0.1, 0.15) is 12.2 Å². The predicted octanol–water partition coefficient (Wildman–Crippen LogP) is 4.04. The summed E-state index contributed by atoms with van der Waals surface area (Å²) in [6, 6.07) is 5.52. The van der Waals surface area contributed by atoms with E-state index in [1.54, 1.807) is 13.1 Å². The summed E-state index contributed by atoms with van der Waals surface area (Å²) in [7, 11) is 1.67. The average Bonchev–Trinajstić information content (AvgIpc) is 3.39. The van der Waals surface area contributed by atoms with Gasteiger partial charge < -0.3 is 36.1 Å². The fourth-order valence-electron chi connectivity index (χ4n) is 7.28. The minimum Gasteiger partial charge on any atom is -0.504 e. The molecular formula is C32H52N4O5. The number of nitrogens with two attached hydrogens (primary N) is 1. The lowest BCUT2D eigenvalue weighted by molar-refractivity contribution is -0.148. The molecule has 9 nitrogen and oxygen atoms in total. The molecule has 4 rings (SSSR count). The molecule has 230 valence electrons. The van der Waals surface area contributed by atoms with Crippen molar-refractivity contribution in [3.05, 3.63) is 23.8 Å². The van der Waals surface area contributed by atoms with Crippen LogP contribution in [0.2, 0.25) is 0 Å². The molecule has 0 aromatic heterocycles. The van der Waals surface area contributed by atoms with Crippen LogP contribution in [0.4, 0.5) is 0 Å². The molecule has 1 spiro atoms. The molecule has 1 aliphatic heterocycles. The predicted molar refractivity (Wildman–Crippen MR) is 161 cm³/mol. The van der Waals surface area contributed by atoms with Crippen LogP contribution in [0.25, 0.3) is 0 Å². The summed E-state index contributed by atoms with van der Waals surface area (Å²) < 4.78 is 12.0. The second-order valence-electron chi connectivity index (χ2n) is 12.8. The van der Waals surface area contributed by atoms with Crippen molar-refractivity contribution < 1.29 is 24.5 Å². The Labute approximate surface area is 245 Å². The molecular weight excluding hydrogens is 520 g/mol. The molecule has 1 heterocycles. The highest BCUT2D eigenvalue weighted by Gasteiger charge is 2.39. The minimum absolute atomic E-state index is 0.0855. The quantitative estimate of drug-likeness (QED) is 0.152. The molecule has 1 aromatic carbocycles. The van der Waals surface area contributed by atoms with E-state index >= 15 is 0 Å². The van der Waals surface area contributed by atoms with Gasteiger partial charge >= 0.3 is 5.97 Å². The zero-order valence-corrected chi connectivity index (χ0v) is 25.2. The number of aliphatic hydroxyl groups excluding tert-OH is 1. The number of hydrogen-bond donors (Lipinski definition) is 5. The van der Waals surface area contributed by atoms with Gasteiger partial charge in [-0.2, -0.15) is 0 Å². The van der Waals surface area contributed by atoms with Gasteiger partial charge in [-0.05, 0) is 86.9 Å². The van der Waals surface area contributed by atoms with Crippen LogP contribution in [-0.4, -0.2) is 66.1 Å². The normalized spacial score (nSPS) is 27.8. The third-order valence-electron chi connectivity index (χ3n) is 9.79. The molecule has 2 saturated carbocycles. The molecule has 2 aliphatic carbocycles. The van der Waals surface area contributed by atoms with Gasteiger partial charge in [-0.15, -0.1) is 0 Å². The van der Waals surface area contributed by atoms with Gasteiger partial charge in [0.05, 0.1) is 6.10 Å². The van der Waals surface area contributed by atoms with E-state index in [4.69, 9.17) is 15.2 Å². The van der Waals surface area contributed by atoms with E-state index in [9.17, 15) is 15.0 Å². The molecule has 0 amide bonds. The summed E-state index contributed by atoms with van der Waals surface area (Å²) in [6.07, 6.45) is 10.5. The number of carbonyl (C=O) groups is 1. The maximum Gasteiger partial charge on any atom is 0.302 e. The lowest BCUT2D eigenvalue weighted by Gasteiger charge is -2.39. The number of hydrogen-bond acceptors (Lipinski definition) is 7. The Hall–Kier alpha value is -2.52. The number of phenolic OH excluding ortho intramolecular Hbond substituents is 1. The first-order valence-corrected chi connectivity index (χ1v) is 15.7. The largest absolute Gasteiger partial charge is 0.504 e. The molecule has 1 saturated heterocycles. The summed E-state index contributed by atoms with van der Waals surface area (Å²) in [5, 5.41) is 28.7. The SMILES string of the molecule is CN=C(N)NCC1CC(C(O)CC(CCc2ccc(O)c(OC3CCNC4(CCCC4)C3)c2)OC(C)=O)CCC1C. The van der Waals surface area contributed by atoms with Gasteiger partial charge in [0.15, 0.2) is 17.5 Å². The number of aromatic hydroxyl groups is 1. The molecule has 9 heteroatoms. The van der Waals surface area contributed by atoms with Crippen molar-refractivity contribution in [1.82, 2.24) is 10.6 Å². The number of esters is 1. The summed E-state index contributed by atoms with van der Waals surface area (Å²) in [6.45, 7) is 5.36. The van der Waals surface area contributed by atoms with Crippen LogP contribution in [-0.2, 0) is 16.0 Å². The third kappa shape index (κ3) is 8.98. The van der Waals surface area contributed by atoms with Crippen LogP contribution in [0.1, 0.15) is 90.0 Å². The number of rotatable bonds is 11. The lowest BCUT2D eigenvalue weighted by atomic mass is 9.72. The summed E-state index contributed by atoms with van der Waals surface area (Å²) in [5.74, 6) is 1.87. The first-order valence-electron chi connectivity index (χ1n) is 15.7. The molecule has 0 radical (unpaired) electrons. The van der Waals surface area contributed by atoms with E-state index in [1.165, 1.54) is 32.6 Å². The van der Waals surface area contributed by atoms with Gasteiger partial charge in [0.25, 0.3) is 0 Å². The molecule has 6 unspecified atom stereocenters. The van der Waals surface area contributed by atoms with E-state index in [0.29, 0.717) is 42.8 Å². The topological polar surface area (TPSA) is 138 Å². The van der Waals surface area contributed by atoms with Crippen molar-refractivity contribution in [2.75, 3.05) is 20.1 Å². The van der Waals surface area contributed by atoms with Crippen molar-refractivity contribution >= 4 is 11.9 Å². The minimum atomic E-state index is -0.548.